The van der Waals surface area contributed by atoms with Crippen LogP contribution in [0.3, 0.4) is 0 Å². The molecule has 2 aromatic heterocycles. The monoisotopic (exact) mass is 350 g/mol. The second-order valence-electron chi connectivity index (χ2n) is 5.53. The first-order valence-electron chi connectivity index (χ1n) is 7.59. The van der Waals surface area contributed by atoms with Crippen molar-refractivity contribution in [2.45, 2.75) is 24.2 Å². The number of aromatic nitrogens is 8. The fourth-order valence-corrected chi connectivity index (χ4v) is 3.31. The van der Waals surface area contributed by atoms with Crippen LogP contribution in [0.5, 0.6) is 0 Å². The maximum atomic E-state index is 4.12. The summed E-state index contributed by atoms with van der Waals surface area (Å²) < 4.78 is 3.35. The van der Waals surface area contributed by atoms with E-state index in [-0.39, 0.29) is 0 Å². The van der Waals surface area contributed by atoms with Gasteiger partial charge in [-0.1, -0.05) is 24.3 Å². The van der Waals surface area contributed by atoms with E-state index in [1.54, 1.807) is 9.36 Å². The van der Waals surface area contributed by atoms with Crippen LogP contribution >= 0.6 is 11.8 Å². The molecule has 0 spiro atoms. The van der Waals surface area contributed by atoms with Gasteiger partial charge in [0.15, 0.2) is 0 Å². The molecule has 0 saturated heterocycles. The van der Waals surface area contributed by atoms with Gasteiger partial charge in [0.2, 0.25) is 10.3 Å². The molecule has 0 saturated carbocycles. The van der Waals surface area contributed by atoms with Crippen molar-refractivity contribution in [3.63, 3.8) is 0 Å². The van der Waals surface area contributed by atoms with Crippen LogP contribution < -0.4 is 0 Å². The number of tetrazole rings is 2. The van der Waals surface area contributed by atoms with Crippen molar-refractivity contribution < 1.29 is 0 Å². The van der Waals surface area contributed by atoms with Gasteiger partial charge >= 0.3 is 0 Å². The number of rotatable bonds is 4. The molecule has 25 heavy (non-hydrogen) atoms. The molecule has 0 N–H and O–H groups in total. The van der Waals surface area contributed by atoms with Crippen LogP contribution in [0.25, 0.3) is 11.4 Å². The summed E-state index contributed by atoms with van der Waals surface area (Å²) in [5, 5.41) is 25.1. The van der Waals surface area contributed by atoms with E-state index in [1.165, 1.54) is 11.8 Å². The van der Waals surface area contributed by atoms with E-state index in [0.29, 0.717) is 10.3 Å². The number of nitrogens with zero attached hydrogens (tertiary/aromatic N) is 8. The van der Waals surface area contributed by atoms with Crippen LogP contribution in [-0.4, -0.2) is 40.4 Å². The highest BCUT2D eigenvalue weighted by Gasteiger charge is 2.16. The molecule has 9 heteroatoms. The van der Waals surface area contributed by atoms with Crippen molar-refractivity contribution in [1.82, 2.24) is 40.4 Å². The standard InChI is InChI=1S/C16H14N8S/c1-11-8-12(2)10-14(9-11)24-16(18-20-22-24)25-15-17-19-21-23(15)13-6-4-3-5-7-13/h3-10H,1-2H3. The maximum absolute atomic E-state index is 4.12. The molecular weight excluding hydrogens is 336 g/mol. The van der Waals surface area contributed by atoms with Crippen LogP contribution in [0.4, 0.5) is 0 Å². The first kappa shape index (κ1) is 15.5. The van der Waals surface area contributed by atoms with Gasteiger partial charge in [-0.25, -0.2) is 0 Å². The molecule has 0 atom stereocenters. The average Bonchev–Trinajstić information content (AvgIpc) is 3.24. The van der Waals surface area contributed by atoms with E-state index in [0.717, 1.165) is 22.5 Å². The molecule has 0 aliphatic carbocycles. The molecular formula is C16H14N8S. The Bertz CT molecular complexity index is 988. The molecule has 2 aromatic carbocycles. The van der Waals surface area contributed by atoms with Crippen molar-refractivity contribution in [3.05, 3.63) is 59.7 Å². The minimum atomic E-state index is 0.589. The Labute approximate surface area is 147 Å². The smallest absolute Gasteiger partial charge is 0.187 e. The van der Waals surface area contributed by atoms with Gasteiger partial charge in [0.05, 0.1) is 11.4 Å². The van der Waals surface area contributed by atoms with Crippen molar-refractivity contribution >= 4 is 11.8 Å². The molecule has 4 aromatic rings. The Balaban J connectivity index is 1.70. The molecule has 0 unspecified atom stereocenters. The SMILES string of the molecule is Cc1cc(C)cc(-n2nnnc2Sc2nnnn2-c2ccccc2)c1. The minimum absolute atomic E-state index is 0.589. The molecule has 2 heterocycles. The Morgan fingerprint density at radius 3 is 1.88 bits per heavy atom. The fourth-order valence-electron chi connectivity index (χ4n) is 2.53. The molecule has 0 radical (unpaired) electrons. The van der Waals surface area contributed by atoms with Crippen LogP contribution in [0, 0.1) is 13.8 Å². The lowest BCUT2D eigenvalue weighted by Crippen LogP contribution is -2.02. The van der Waals surface area contributed by atoms with Gasteiger partial charge in [-0.15, -0.1) is 10.2 Å². The first-order chi connectivity index (χ1) is 12.2. The molecule has 0 bridgehead atoms. The number of benzene rings is 2. The Hall–Kier alpha value is -3.07. The van der Waals surface area contributed by atoms with Crippen molar-refractivity contribution in [3.8, 4) is 11.4 Å². The molecule has 0 fully saturated rings. The molecule has 8 nitrogen and oxygen atoms in total. The van der Waals surface area contributed by atoms with Gasteiger partial charge in [-0.2, -0.15) is 9.36 Å². The number of para-hydroxylation sites is 1. The Morgan fingerprint density at radius 2 is 1.28 bits per heavy atom. The molecule has 0 amide bonds. The van der Waals surface area contributed by atoms with E-state index in [4.69, 9.17) is 0 Å². The highest BCUT2D eigenvalue weighted by atomic mass is 32.2. The Morgan fingerprint density at radius 1 is 0.720 bits per heavy atom. The Kier molecular flexibility index (Phi) is 3.98. The molecule has 0 aliphatic rings. The number of hydrogen-bond acceptors (Lipinski definition) is 7. The second kappa shape index (κ2) is 6.44. The zero-order valence-electron chi connectivity index (χ0n) is 13.6. The third-order valence-corrected chi connectivity index (χ3v) is 4.39. The highest BCUT2D eigenvalue weighted by Crippen LogP contribution is 2.26. The van der Waals surface area contributed by atoms with E-state index in [1.807, 2.05) is 56.3 Å². The largest absolute Gasteiger partial charge is 0.221 e. The number of aryl methyl sites for hydroxylation is 2. The van der Waals surface area contributed by atoms with Gasteiger partial charge < -0.3 is 0 Å². The van der Waals surface area contributed by atoms with Crippen LogP contribution in [-0.2, 0) is 0 Å². The van der Waals surface area contributed by atoms with Gasteiger partial charge in [-0.05, 0) is 81.9 Å². The quantitative estimate of drug-likeness (QED) is 0.558. The summed E-state index contributed by atoms with van der Waals surface area (Å²) >= 11 is 1.31. The van der Waals surface area contributed by atoms with Gasteiger partial charge in [-0.3, -0.25) is 0 Å². The third kappa shape index (κ3) is 3.13. The van der Waals surface area contributed by atoms with Crippen LogP contribution in [0.2, 0.25) is 0 Å². The first-order valence-corrected chi connectivity index (χ1v) is 8.41. The predicted molar refractivity (Wildman–Crippen MR) is 91.9 cm³/mol. The summed E-state index contributed by atoms with van der Waals surface area (Å²) in [7, 11) is 0. The topological polar surface area (TPSA) is 87.2 Å². The summed E-state index contributed by atoms with van der Waals surface area (Å²) in [6, 6.07) is 15.9. The van der Waals surface area contributed by atoms with E-state index in [2.05, 4.69) is 37.1 Å². The summed E-state index contributed by atoms with van der Waals surface area (Å²) in [4.78, 5) is 0. The summed E-state index contributed by atoms with van der Waals surface area (Å²) in [6.07, 6.45) is 0. The fraction of sp³-hybridized carbons (Fsp3) is 0.125. The lowest BCUT2D eigenvalue weighted by molar-refractivity contribution is 0.741. The summed E-state index contributed by atoms with van der Waals surface area (Å²) in [5.41, 5.74) is 4.08. The van der Waals surface area contributed by atoms with E-state index in [9.17, 15) is 0 Å². The zero-order valence-corrected chi connectivity index (χ0v) is 14.4. The van der Waals surface area contributed by atoms with E-state index >= 15 is 0 Å². The predicted octanol–water partition coefficient (Wildman–Crippen LogP) is 2.41. The van der Waals surface area contributed by atoms with Crippen LogP contribution in [0.15, 0.2) is 58.8 Å². The van der Waals surface area contributed by atoms with Crippen molar-refractivity contribution in [1.29, 1.82) is 0 Å². The summed E-state index contributed by atoms with van der Waals surface area (Å²) in [5.74, 6) is 0. The lowest BCUT2D eigenvalue weighted by atomic mass is 10.1. The van der Waals surface area contributed by atoms with Gasteiger partial charge in [0, 0.05) is 0 Å². The summed E-state index contributed by atoms with van der Waals surface area (Å²) in [6.45, 7) is 4.09. The molecule has 0 aliphatic heterocycles. The lowest BCUT2D eigenvalue weighted by Gasteiger charge is -2.07. The average molecular weight is 350 g/mol. The second-order valence-corrected chi connectivity index (χ2v) is 6.46. The van der Waals surface area contributed by atoms with Crippen molar-refractivity contribution in [2.75, 3.05) is 0 Å². The molecule has 124 valence electrons. The van der Waals surface area contributed by atoms with E-state index < -0.39 is 0 Å². The highest BCUT2D eigenvalue weighted by molar-refractivity contribution is 7.99. The number of hydrogen-bond donors (Lipinski definition) is 0. The third-order valence-electron chi connectivity index (χ3n) is 3.52. The van der Waals surface area contributed by atoms with Crippen molar-refractivity contribution in [2.24, 2.45) is 0 Å². The maximum Gasteiger partial charge on any atom is 0.221 e. The van der Waals surface area contributed by atoms with Gasteiger partial charge in [0.25, 0.3) is 0 Å². The van der Waals surface area contributed by atoms with Crippen LogP contribution in [0.1, 0.15) is 11.1 Å². The molecule has 4 rings (SSSR count). The van der Waals surface area contributed by atoms with Gasteiger partial charge in [0.1, 0.15) is 0 Å². The minimum Gasteiger partial charge on any atom is -0.187 e. The normalized spacial score (nSPS) is 11.0. The zero-order chi connectivity index (χ0) is 17.2.